The van der Waals surface area contributed by atoms with Crippen LogP contribution in [0.5, 0.6) is 0 Å². The zero-order valence-corrected chi connectivity index (χ0v) is 11.9. The van der Waals surface area contributed by atoms with Crippen molar-refractivity contribution in [1.29, 1.82) is 0 Å². The van der Waals surface area contributed by atoms with E-state index in [0.29, 0.717) is 0 Å². The van der Waals surface area contributed by atoms with Gasteiger partial charge in [0.15, 0.2) is 0 Å². The van der Waals surface area contributed by atoms with Crippen LogP contribution in [0.1, 0.15) is 11.1 Å². The Labute approximate surface area is 111 Å². The first kappa shape index (κ1) is 10.7. The zero-order chi connectivity index (χ0) is 9.97. The smallest absolute Gasteiger partial charge is 0.0253 e. The van der Waals surface area contributed by atoms with E-state index < -0.39 is 0 Å². The molecule has 0 aliphatic rings. The molecule has 0 amide bonds. The molecule has 0 atom stereocenters. The second kappa shape index (κ2) is 4.79. The lowest BCUT2D eigenvalue weighted by Crippen LogP contribution is -1.83. The topological polar surface area (TPSA) is 0 Å². The van der Waals surface area contributed by atoms with Gasteiger partial charge in [-0.3, -0.25) is 0 Å². The summed E-state index contributed by atoms with van der Waals surface area (Å²) < 4.78 is 2.17. The molecular weight excluding hydrogens is 398 g/mol. The van der Waals surface area contributed by atoms with Crippen LogP contribution in [-0.4, -0.2) is 0 Å². The van der Waals surface area contributed by atoms with Crippen molar-refractivity contribution in [3.63, 3.8) is 0 Å². The van der Waals surface area contributed by atoms with Crippen LogP contribution in [0.3, 0.4) is 0 Å². The summed E-state index contributed by atoms with van der Waals surface area (Å²) in [5.41, 5.74) is 2.85. The van der Waals surface area contributed by atoms with E-state index in [4.69, 9.17) is 0 Å². The Morgan fingerprint density at radius 3 is 2.50 bits per heavy atom. The van der Waals surface area contributed by atoms with Crippen LogP contribution in [0, 0.1) is 0 Å². The highest BCUT2D eigenvalue weighted by molar-refractivity contribution is 14.1. The second-order valence-corrected chi connectivity index (χ2v) is 4.77. The van der Waals surface area contributed by atoms with E-state index in [1.165, 1.54) is 21.9 Å². The van der Waals surface area contributed by atoms with Crippen molar-refractivity contribution in [2.75, 3.05) is 0 Å². The number of alkyl halides is 2. The molecule has 0 saturated heterocycles. The molecule has 72 valence electrons. The molecule has 0 radical (unpaired) electrons. The first-order valence-corrected chi connectivity index (χ1v) is 7.52. The molecule has 0 spiro atoms. The maximum atomic E-state index is 2.42. The minimum atomic E-state index is 1.08. The van der Waals surface area contributed by atoms with Gasteiger partial charge in [0.25, 0.3) is 0 Å². The Morgan fingerprint density at radius 2 is 1.79 bits per heavy atom. The van der Waals surface area contributed by atoms with Crippen molar-refractivity contribution in [2.24, 2.45) is 0 Å². The van der Waals surface area contributed by atoms with Crippen molar-refractivity contribution in [2.45, 2.75) is 8.86 Å². The van der Waals surface area contributed by atoms with Crippen molar-refractivity contribution in [3.05, 3.63) is 47.5 Å². The van der Waals surface area contributed by atoms with E-state index in [1.807, 2.05) is 0 Å². The van der Waals surface area contributed by atoms with Gasteiger partial charge in [0, 0.05) is 8.86 Å². The van der Waals surface area contributed by atoms with E-state index in [0.717, 1.165) is 8.86 Å². The van der Waals surface area contributed by atoms with Crippen LogP contribution >= 0.6 is 45.2 Å². The fraction of sp³-hybridized carbons (Fsp3) is 0.167. The van der Waals surface area contributed by atoms with Crippen LogP contribution < -0.4 is 0 Å². The van der Waals surface area contributed by atoms with Crippen LogP contribution in [0.25, 0.3) is 10.8 Å². The quantitative estimate of drug-likeness (QED) is 0.499. The molecule has 2 aromatic rings. The summed E-state index contributed by atoms with van der Waals surface area (Å²) in [6.45, 7) is 0. The fourth-order valence-electron chi connectivity index (χ4n) is 1.58. The van der Waals surface area contributed by atoms with Gasteiger partial charge in [-0.1, -0.05) is 81.6 Å². The minimum absolute atomic E-state index is 1.08. The minimum Gasteiger partial charge on any atom is -0.0812 e. The maximum Gasteiger partial charge on any atom is 0.0253 e. The molecule has 0 nitrogen and oxygen atoms in total. The summed E-state index contributed by atoms with van der Waals surface area (Å²) >= 11 is 4.83. The molecule has 0 heterocycles. The number of hydrogen-bond donors (Lipinski definition) is 0. The summed E-state index contributed by atoms with van der Waals surface area (Å²) in [4.78, 5) is 0. The third kappa shape index (κ3) is 2.05. The van der Waals surface area contributed by atoms with Gasteiger partial charge in [0.2, 0.25) is 0 Å². The average molecular weight is 408 g/mol. The summed E-state index contributed by atoms with van der Waals surface area (Å²) in [6, 6.07) is 13.3. The van der Waals surface area contributed by atoms with Gasteiger partial charge in [-0.05, 0) is 21.9 Å². The summed E-state index contributed by atoms with van der Waals surface area (Å²) in [7, 11) is 0. The van der Waals surface area contributed by atoms with Crippen molar-refractivity contribution >= 4 is 56.0 Å². The number of fused-ring (bicyclic) bond motifs is 1. The predicted molar refractivity (Wildman–Crippen MR) is 79.4 cm³/mol. The predicted octanol–water partition coefficient (Wildman–Crippen LogP) is 4.71. The molecule has 0 aromatic heterocycles. The Kier molecular flexibility index (Phi) is 3.65. The number of rotatable bonds is 2. The fourth-order valence-corrected chi connectivity index (χ4v) is 2.72. The zero-order valence-electron chi connectivity index (χ0n) is 7.63. The Hall–Kier alpha value is 0.160. The molecular formula is C12H10I2. The van der Waals surface area contributed by atoms with Crippen LogP contribution in [-0.2, 0) is 8.86 Å². The van der Waals surface area contributed by atoms with E-state index >= 15 is 0 Å². The normalized spacial score (nSPS) is 10.7. The van der Waals surface area contributed by atoms with Crippen LogP contribution in [0.15, 0.2) is 36.4 Å². The number of hydrogen-bond acceptors (Lipinski definition) is 0. The number of benzene rings is 2. The first-order chi connectivity index (χ1) is 6.85. The van der Waals surface area contributed by atoms with Gasteiger partial charge >= 0.3 is 0 Å². The van der Waals surface area contributed by atoms with Crippen molar-refractivity contribution in [3.8, 4) is 0 Å². The molecule has 2 aromatic carbocycles. The van der Waals surface area contributed by atoms with E-state index in [9.17, 15) is 0 Å². The van der Waals surface area contributed by atoms with E-state index in [2.05, 4.69) is 81.6 Å². The third-order valence-corrected chi connectivity index (χ3v) is 4.04. The lowest BCUT2D eigenvalue weighted by molar-refractivity contribution is 1.45. The molecule has 2 heteroatoms. The lowest BCUT2D eigenvalue weighted by atomic mass is 10.0. The second-order valence-electron chi connectivity index (χ2n) is 3.24. The molecule has 14 heavy (non-hydrogen) atoms. The molecule has 0 bridgehead atoms. The van der Waals surface area contributed by atoms with Crippen LogP contribution in [0.4, 0.5) is 0 Å². The Bertz CT molecular complexity index is 449. The van der Waals surface area contributed by atoms with E-state index in [1.54, 1.807) is 0 Å². The average Bonchev–Trinajstić information content (AvgIpc) is 2.27. The third-order valence-electron chi connectivity index (χ3n) is 2.34. The molecule has 0 saturated carbocycles. The Balaban J connectivity index is 2.70. The maximum absolute atomic E-state index is 2.42. The highest BCUT2D eigenvalue weighted by atomic mass is 127. The van der Waals surface area contributed by atoms with Gasteiger partial charge in [0.1, 0.15) is 0 Å². The summed E-state index contributed by atoms with van der Waals surface area (Å²) in [5, 5.41) is 2.77. The summed E-state index contributed by atoms with van der Waals surface area (Å²) in [5.74, 6) is 0. The molecule has 0 unspecified atom stereocenters. The molecule has 2 rings (SSSR count). The van der Waals surface area contributed by atoms with Gasteiger partial charge in [-0.15, -0.1) is 0 Å². The van der Waals surface area contributed by atoms with Gasteiger partial charge in [0.05, 0.1) is 0 Å². The molecule has 0 aliphatic heterocycles. The van der Waals surface area contributed by atoms with Gasteiger partial charge < -0.3 is 0 Å². The number of halogens is 2. The van der Waals surface area contributed by atoms with Crippen molar-refractivity contribution < 1.29 is 0 Å². The highest BCUT2D eigenvalue weighted by Gasteiger charge is 2.00. The summed E-state index contributed by atoms with van der Waals surface area (Å²) in [6.07, 6.45) is 0. The Morgan fingerprint density at radius 1 is 0.929 bits per heavy atom. The molecule has 0 fully saturated rings. The molecule has 0 N–H and O–H groups in total. The van der Waals surface area contributed by atoms with Gasteiger partial charge in [-0.2, -0.15) is 0 Å². The van der Waals surface area contributed by atoms with Crippen molar-refractivity contribution in [1.82, 2.24) is 0 Å². The van der Waals surface area contributed by atoms with E-state index in [-0.39, 0.29) is 0 Å². The first-order valence-electron chi connectivity index (χ1n) is 4.47. The lowest BCUT2D eigenvalue weighted by Gasteiger charge is -2.05. The SMILES string of the molecule is ICc1ccc2cccc(CI)c2c1. The van der Waals surface area contributed by atoms with Gasteiger partial charge in [-0.25, -0.2) is 0 Å². The monoisotopic (exact) mass is 408 g/mol. The van der Waals surface area contributed by atoms with Crippen LogP contribution in [0.2, 0.25) is 0 Å². The largest absolute Gasteiger partial charge is 0.0812 e. The molecule has 0 aliphatic carbocycles. The highest BCUT2D eigenvalue weighted by Crippen LogP contribution is 2.23. The standard InChI is InChI=1S/C12H10I2/c13-7-9-4-5-10-2-1-3-11(8-14)12(10)6-9/h1-6H,7-8H2.